The number of hydrogen-bond acceptors (Lipinski definition) is 3. The molecule has 1 heterocycles. The molecule has 0 spiro atoms. The molecule has 0 atom stereocenters. The van der Waals surface area contributed by atoms with Crippen LogP contribution in [0.25, 0.3) is 0 Å². The Hall–Kier alpha value is -1.22. The minimum Gasteiger partial charge on any atom is -0.325 e. The third kappa shape index (κ3) is 3.34. The number of rotatable bonds is 3. The second-order valence-electron chi connectivity index (χ2n) is 3.82. The van der Waals surface area contributed by atoms with E-state index in [1.165, 1.54) is 0 Å². The van der Waals surface area contributed by atoms with Crippen molar-refractivity contribution in [2.24, 2.45) is 5.73 Å². The van der Waals surface area contributed by atoms with Gasteiger partial charge in [0.05, 0.1) is 0 Å². The molecule has 0 fully saturated rings. The van der Waals surface area contributed by atoms with E-state index in [2.05, 4.69) is 4.98 Å². The summed E-state index contributed by atoms with van der Waals surface area (Å²) in [5.41, 5.74) is 5.97. The lowest BCUT2D eigenvalue weighted by Crippen LogP contribution is -2.34. The van der Waals surface area contributed by atoms with Crippen LogP contribution < -0.4 is 5.73 Å². The summed E-state index contributed by atoms with van der Waals surface area (Å²) in [5.74, 6) is 0.0647. The standard InChI is InChI=1S/C10H14N2O/c1-10(2,11)7-9(13)8-3-5-12-6-4-8/h3-6H,7,11H2,1-2H3. The van der Waals surface area contributed by atoms with Crippen molar-refractivity contribution in [2.75, 3.05) is 0 Å². The van der Waals surface area contributed by atoms with Crippen molar-refractivity contribution >= 4 is 5.78 Å². The van der Waals surface area contributed by atoms with Gasteiger partial charge in [0.15, 0.2) is 5.78 Å². The number of nitrogens with zero attached hydrogens (tertiary/aromatic N) is 1. The van der Waals surface area contributed by atoms with Crippen molar-refractivity contribution in [3.05, 3.63) is 30.1 Å². The maximum absolute atomic E-state index is 11.6. The van der Waals surface area contributed by atoms with E-state index in [1.807, 2.05) is 13.8 Å². The summed E-state index contributed by atoms with van der Waals surface area (Å²) < 4.78 is 0. The molecule has 0 saturated carbocycles. The first kappa shape index (κ1) is 9.86. The predicted molar refractivity (Wildman–Crippen MR) is 51.5 cm³/mol. The van der Waals surface area contributed by atoms with Crippen molar-refractivity contribution in [2.45, 2.75) is 25.8 Å². The zero-order chi connectivity index (χ0) is 9.90. The fourth-order valence-corrected chi connectivity index (χ4v) is 1.05. The van der Waals surface area contributed by atoms with Gasteiger partial charge in [-0.2, -0.15) is 0 Å². The van der Waals surface area contributed by atoms with E-state index in [-0.39, 0.29) is 5.78 Å². The largest absolute Gasteiger partial charge is 0.325 e. The van der Waals surface area contributed by atoms with Crippen molar-refractivity contribution in [3.63, 3.8) is 0 Å². The van der Waals surface area contributed by atoms with Crippen LogP contribution in [0.2, 0.25) is 0 Å². The number of nitrogens with two attached hydrogens (primary N) is 1. The summed E-state index contributed by atoms with van der Waals surface area (Å²) in [6.07, 6.45) is 3.57. The number of aromatic nitrogens is 1. The first-order valence-electron chi connectivity index (χ1n) is 4.21. The second kappa shape index (κ2) is 3.66. The second-order valence-corrected chi connectivity index (χ2v) is 3.82. The van der Waals surface area contributed by atoms with Gasteiger partial charge in [-0.25, -0.2) is 0 Å². The molecule has 0 saturated heterocycles. The van der Waals surface area contributed by atoms with Crippen molar-refractivity contribution < 1.29 is 4.79 Å². The third-order valence-electron chi connectivity index (χ3n) is 1.62. The van der Waals surface area contributed by atoms with Gasteiger partial charge in [-0.05, 0) is 26.0 Å². The molecule has 0 amide bonds. The summed E-state index contributed by atoms with van der Waals surface area (Å²) in [6.45, 7) is 3.68. The fraction of sp³-hybridized carbons (Fsp3) is 0.400. The summed E-state index contributed by atoms with van der Waals surface area (Å²) in [5, 5.41) is 0. The molecule has 0 aliphatic rings. The lowest BCUT2D eigenvalue weighted by molar-refractivity contribution is 0.0960. The van der Waals surface area contributed by atoms with Gasteiger partial charge in [0.25, 0.3) is 0 Å². The number of pyridine rings is 1. The van der Waals surface area contributed by atoms with Crippen molar-refractivity contribution in [3.8, 4) is 0 Å². The zero-order valence-corrected chi connectivity index (χ0v) is 7.95. The molecular formula is C10H14N2O. The van der Waals surface area contributed by atoms with E-state index in [0.29, 0.717) is 12.0 Å². The molecule has 70 valence electrons. The molecule has 0 bridgehead atoms. The average Bonchev–Trinajstić information content (AvgIpc) is 2.03. The summed E-state index contributed by atoms with van der Waals surface area (Å²) in [7, 11) is 0. The predicted octanol–water partition coefficient (Wildman–Crippen LogP) is 1.39. The highest BCUT2D eigenvalue weighted by molar-refractivity contribution is 5.96. The van der Waals surface area contributed by atoms with Crippen LogP contribution in [0.3, 0.4) is 0 Å². The monoisotopic (exact) mass is 178 g/mol. The van der Waals surface area contributed by atoms with Crippen molar-refractivity contribution in [1.29, 1.82) is 0 Å². The van der Waals surface area contributed by atoms with Gasteiger partial charge in [-0.1, -0.05) is 0 Å². The first-order valence-corrected chi connectivity index (χ1v) is 4.21. The topological polar surface area (TPSA) is 56.0 Å². The highest BCUT2D eigenvalue weighted by Gasteiger charge is 2.17. The normalized spacial score (nSPS) is 11.3. The number of Topliss-reactive ketones (excluding diaryl/α,β-unsaturated/α-hetero) is 1. The Morgan fingerprint density at radius 2 is 2.00 bits per heavy atom. The zero-order valence-electron chi connectivity index (χ0n) is 7.95. The van der Waals surface area contributed by atoms with Crippen LogP contribution in [0, 0.1) is 0 Å². The molecule has 3 heteroatoms. The van der Waals surface area contributed by atoms with E-state index in [0.717, 1.165) is 0 Å². The first-order chi connectivity index (χ1) is 5.99. The Balaban J connectivity index is 2.71. The van der Waals surface area contributed by atoms with Gasteiger partial charge in [0.1, 0.15) is 0 Å². The highest BCUT2D eigenvalue weighted by atomic mass is 16.1. The summed E-state index contributed by atoms with van der Waals surface area (Å²) in [6, 6.07) is 3.40. The highest BCUT2D eigenvalue weighted by Crippen LogP contribution is 2.09. The minimum atomic E-state index is -0.444. The number of hydrogen-bond donors (Lipinski definition) is 1. The fourth-order valence-electron chi connectivity index (χ4n) is 1.05. The van der Waals surface area contributed by atoms with E-state index >= 15 is 0 Å². The van der Waals surface area contributed by atoms with E-state index in [4.69, 9.17) is 5.73 Å². The van der Waals surface area contributed by atoms with Crippen molar-refractivity contribution in [1.82, 2.24) is 4.98 Å². The minimum absolute atomic E-state index is 0.0647. The van der Waals surface area contributed by atoms with Crippen LogP contribution in [0.1, 0.15) is 30.6 Å². The van der Waals surface area contributed by atoms with Crippen LogP contribution in [-0.4, -0.2) is 16.3 Å². The van der Waals surface area contributed by atoms with Crippen LogP contribution in [-0.2, 0) is 0 Å². The molecule has 13 heavy (non-hydrogen) atoms. The van der Waals surface area contributed by atoms with Gasteiger partial charge >= 0.3 is 0 Å². The van der Waals surface area contributed by atoms with Crippen LogP contribution in [0.4, 0.5) is 0 Å². The smallest absolute Gasteiger partial charge is 0.164 e. The molecule has 1 aromatic rings. The molecule has 0 unspecified atom stereocenters. The van der Waals surface area contributed by atoms with Gasteiger partial charge in [0, 0.05) is 29.9 Å². The molecule has 0 aromatic carbocycles. The third-order valence-corrected chi connectivity index (χ3v) is 1.62. The molecule has 0 aliphatic heterocycles. The maximum atomic E-state index is 11.6. The van der Waals surface area contributed by atoms with Crippen LogP contribution in [0.15, 0.2) is 24.5 Å². The lowest BCUT2D eigenvalue weighted by Gasteiger charge is -2.16. The number of ketones is 1. The van der Waals surface area contributed by atoms with Gasteiger partial charge in [0.2, 0.25) is 0 Å². The number of carbonyl (C=O) groups excluding carboxylic acids is 1. The van der Waals surface area contributed by atoms with E-state index < -0.39 is 5.54 Å². The molecule has 1 rings (SSSR count). The van der Waals surface area contributed by atoms with Gasteiger partial charge in [-0.3, -0.25) is 9.78 Å². The van der Waals surface area contributed by atoms with Gasteiger partial charge in [-0.15, -0.1) is 0 Å². The summed E-state index contributed by atoms with van der Waals surface area (Å²) >= 11 is 0. The lowest BCUT2D eigenvalue weighted by atomic mass is 9.96. The molecule has 3 nitrogen and oxygen atoms in total. The quantitative estimate of drug-likeness (QED) is 0.711. The molecular weight excluding hydrogens is 164 g/mol. The molecule has 0 aliphatic carbocycles. The Kier molecular flexibility index (Phi) is 2.78. The Morgan fingerprint density at radius 1 is 1.46 bits per heavy atom. The van der Waals surface area contributed by atoms with Crippen LogP contribution >= 0.6 is 0 Å². The average molecular weight is 178 g/mol. The maximum Gasteiger partial charge on any atom is 0.164 e. The summed E-state index contributed by atoms with van der Waals surface area (Å²) in [4.78, 5) is 15.4. The SMILES string of the molecule is CC(C)(N)CC(=O)c1ccncc1. The molecule has 2 N–H and O–H groups in total. The van der Waals surface area contributed by atoms with E-state index in [1.54, 1.807) is 24.5 Å². The number of carbonyl (C=O) groups is 1. The van der Waals surface area contributed by atoms with E-state index in [9.17, 15) is 4.79 Å². The molecule has 1 aromatic heterocycles. The Bertz CT molecular complexity index is 288. The molecule has 0 radical (unpaired) electrons. The Labute approximate surface area is 78.0 Å². The van der Waals surface area contributed by atoms with Crippen LogP contribution in [0.5, 0.6) is 0 Å². The van der Waals surface area contributed by atoms with Gasteiger partial charge < -0.3 is 5.73 Å². The Morgan fingerprint density at radius 3 is 2.46 bits per heavy atom.